The van der Waals surface area contributed by atoms with Gasteiger partial charge in [0.05, 0.1) is 24.0 Å². The molecule has 3 heterocycles. The average Bonchev–Trinajstić information content (AvgIpc) is 3.68. The third-order valence-electron chi connectivity index (χ3n) is 7.27. The third-order valence-corrected chi connectivity index (χ3v) is 7.27. The number of ether oxygens (including phenoxy) is 2. The van der Waals surface area contributed by atoms with Gasteiger partial charge in [0.15, 0.2) is 5.78 Å². The van der Waals surface area contributed by atoms with E-state index in [1.165, 1.54) is 18.2 Å². The maximum Gasteiger partial charge on any atom is 0.573 e. The molecule has 37 heavy (non-hydrogen) atoms. The van der Waals surface area contributed by atoms with Crippen LogP contribution in [0.15, 0.2) is 48.2 Å². The van der Waals surface area contributed by atoms with Gasteiger partial charge in [-0.25, -0.2) is 4.98 Å². The van der Waals surface area contributed by atoms with Gasteiger partial charge in [-0.05, 0) is 62.8 Å². The summed E-state index contributed by atoms with van der Waals surface area (Å²) in [7, 11) is 0. The number of Topliss-reactive ketones (excluding diaryl/α,β-unsaturated/α-hetero) is 1. The molecule has 3 aliphatic rings. The molecule has 2 bridgehead atoms. The summed E-state index contributed by atoms with van der Waals surface area (Å²) >= 11 is 0. The summed E-state index contributed by atoms with van der Waals surface area (Å²) < 4.78 is 49.2. The first kappa shape index (κ1) is 25.1. The largest absolute Gasteiger partial charge is 0.573 e. The number of nitriles is 1. The summed E-state index contributed by atoms with van der Waals surface area (Å²) in [5.74, 6) is 0.0321. The van der Waals surface area contributed by atoms with E-state index >= 15 is 0 Å². The van der Waals surface area contributed by atoms with Crippen LogP contribution in [0.4, 0.5) is 19.0 Å². The molecule has 1 aliphatic carbocycles. The van der Waals surface area contributed by atoms with Gasteiger partial charge in [0.1, 0.15) is 17.6 Å². The number of carbonyl (C=O) groups is 1. The highest BCUT2D eigenvalue weighted by Crippen LogP contribution is 2.40. The zero-order valence-electron chi connectivity index (χ0n) is 20.1. The maximum absolute atomic E-state index is 13.1. The Bertz CT molecular complexity index is 1220. The molecule has 0 amide bonds. The summed E-state index contributed by atoms with van der Waals surface area (Å²) in [6, 6.07) is 11.7. The summed E-state index contributed by atoms with van der Waals surface area (Å²) in [5.41, 5.74) is 7.01. The molecule has 2 N–H and O–H groups in total. The Kier molecular flexibility index (Phi) is 6.82. The van der Waals surface area contributed by atoms with E-state index in [9.17, 15) is 18.0 Å². The number of pyridine rings is 1. The minimum absolute atomic E-state index is 0.0224. The summed E-state index contributed by atoms with van der Waals surface area (Å²) in [6.07, 6.45) is 1.47. The highest BCUT2D eigenvalue weighted by atomic mass is 19.4. The lowest BCUT2D eigenvalue weighted by Gasteiger charge is -2.39. The fourth-order valence-corrected chi connectivity index (χ4v) is 5.38. The van der Waals surface area contributed by atoms with Crippen molar-refractivity contribution >= 4 is 17.3 Å². The molecule has 2 aromatic rings. The number of fused-ring (bicyclic) bond motifs is 2. The van der Waals surface area contributed by atoms with E-state index in [4.69, 9.17) is 15.7 Å². The molecule has 7 nitrogen and oxygen atoms in total. The average molecular weight is 513 g/mol. The molecule has 2 atom stereocenters. The highest BCUT2D eigenvalue weighted by molar-refractivity contribution is 6.05. The number of rotatable bonds is 8. The van der Waals surface area contributed by atoms with Gasteiger partial charge in [0.2, 0.25) is 0 Å². The Morgan fingerprint density at radius 1 is 1.11 bits per heavy atom. The fraction of sp³-hybridized carbons (Fsp3) is 0.444. The number of benzene rings is 1. The number of hydrogen-bond acceptors (Lipinski definition) is 7. The van der Waals surface area contributed by atoms with Crippen molar-refractivity contribution in [1.82, 2.24) is 4.98 Å². The van der Waals surface area contributed by atoms with Crippen molar-refractivity contribution in [2.45, 2.75) is 63.1 Å². The van der Waals surface area contributed by atoms with Crippen LogP contribution in [-0.4, -0.2) is 41.9 Å². The lowest BCUT2D eigenvalue weighted by atomic mass is 9.98. The Hall–Kier alpha value is -3.58. The number of para-hydroxylation sites is 1. The van der Waals surface area contributed by atoms with Gasteiger partial charge in [0, 0.05) is 35.3 Å². The lowest BCUT2D eigenvalue weighted by Crippen LogP contribution is -2.46. The minimum Gasteiger partial charge on any atom is -0.405 e. The van der Waals surface area contributed by atoms with E-state index in [2.05, 4.69) is 20.7 Å². The van der Waals surface area contributed by atoms with E-state index in [1.54, 1.807) is 18.3 Å². The molecular formula is C27H27F3N4O3. The third kappa shape index (κ3) is 5.57. The SMILES string of the molecule is N#Cc1ccc(N2C3CCC2CC(OCC(C(=O)C2CC2)=C(N)c2ccccc2OC(F)(F)F)C3)nc1. The minimum atomic E-state index is -4.88. The molecule has 2 unspecified atom stereocenters. The van der Waals surface area contributed by atoms with Gasteiger partial charge in [-0.1, -0.05) is 12.1 Å². The second-order valence-corrected chi connectivity index (χ2v) is 9.79. The first-order valence-corrected chi connectivity index (χ1v) is 12.4. The number of aromatic nitrogens is 1. The number of nitrogens with zero attached hydrogens (tertiary/aromatic N) is 3. The standard InChI is InChI=1S/C27H27F3N4O3/c28-27(29,30)37-23-4-2-1-3-21(23)25(32)22(26(35)17-6-7-17)15-36-20-11-18-8-9-19(12-20)34(18)24-10-5-16(13-31)14-33-24/h1-5,10,14,17-20H,6-9,11-12,15,32H2. The van der Waals surface area contributed by atoms with Crippen molar-refractivity contribution in [1.29, 1.82) is 5.26 Å². The number of piperidine rings is 1. The Morgan fingerprint density at radius 3 is 2.41 bits per heavy atom. The van der Waals surface area contributed by atoms with Crippen LogP contribution in [0.2, 0.25) is 0 Å². The van der Waals surface area contributed by atoms with Crippen LogP contribution >= 0.6 is 0 Å². The predicted octanol–water partition coefficient (Wildman–Crippen LogP) is 4.72. The molecule has 194 valence electrons. The van der Waals surface area contributed by atoms with Gasteiger partial charge in [-0.2, -0.15) is 5.26 Å². The van der Waals surface area contributed by atoms with Crippen LogP contribution in [-0.2, 0) is 9.53 Å². The van der Waals surface area contributed by atoms with Crippen molar-refractivity contribution < 1.29 is 27.4 Å². The number of anilines is 1. The van der Waals surface area contributed by atoms with E-state index in [0.717, 1.165) is 44.3 Å². The second-order valence-electron chi connectivity index (χ2n) is 9.79. The maximum atomic E-state index is 13.1. The van der Waals surface area contributed by atoms with Crippen molar-refractivity contribution in [3.05, 3.63) is 59.3 Å². The van der Waals surface area contributed by atoms with Crippen LogP contribution in [0, 0.1) is 17.2 Å². The van der Waals surface area contributed by atoms with Crippen molar-refractivity contribution in [3.8, 4) is 11.8 Å². The van der Waals surface area contributed by atoms with Crippen molar-refractivity contribution in [2.24, 2.45) is 11.7 Å². The lowest BCUT2D eigenvalue weighted by molar-refractivity contribution is -0.274. The van der Waals surface area contributed by atoms with Crippen LogP contribution in [0.5, 0.6) is 5.75 Å². The quantitative estimate of drug-likeness (QED) is 0.511. The molecule has 5 rings (SSSR count). The molecule has 1 aromatic heterocycles. The van der Waals surface area contributed by atoms with E-state index in [0.29, 0.717) is 5.56 Å². The van der Waals surface area contributed by atoms with Crippen LogP contribution in [0.3, 0.4) is 0 Å². The Morgan fingerprint density at radius 2 is 1.81 bits per heavy atom. The topological polar surface area (TPSA) is 101 Å². The number of halogens is 3. The highest BCUT2D eigenvalue weighted by Gasteiger charge is 2.42. The first-order valence-electron chi connectivity index (χ1n) is 12.4. The first-order chi connectivity index (χ1) is 17.7. The van der Waals surface area contributed by atoms with E-state index < -0.39 is 12.1 Å². The molecule has 1 saturated carbocycles. The Balaban J connectivity index is 1.33. The summed E-state index contributed by atoms with van der Waals surface area (Å²) in [5, 5.41) is 9.03. The molecule has 0 spiro atoms. The predicted molar refractivity (Wildman–Crippen MR) is 129 cm³/mol. The fourth-order valence-electron chi connectivity index (χ4n) is 5.38. The number of nitrogens with two attached hydrogens (primary N) is 1. The molecule has 10 heteroatoms. The van der Waals surface area contributed by atoms with E-state index in [-0.39, 0.29) is 53.3 Å². The number of hydrogen-bond donors (Lipinski definition) is 1. The monoisotopic (exact) mass is 512 g/mol. The molecular weight excluding hydrogens is 485 g/mol. The molecule has 0 radical (unpaired) electrons. The Labute approximate surface area is 212 Å². The summed E-state index contributed by atoms with van der Waals surface area (Å²) in [6.45, 7) is -0.0687. The van der Waals surface area contributed by atoms with Gasteiger partial charge in [0.25, 0.3) is 0 Å². The smallest absolute Gasteiger partial charge is 0.405 e. The van der Waals surface area contributed by atoms with Gasteiger partial charge in [-0.3, -0.25) is 4.79 Å². The van der Waals surface area contributed by atoms with Crippen LogP contribution < -0.4 is 15.4 Å². The molecule has 2 saturated heterocycles. The number of ketones is 1. The summed E-state index contributed by atoms with van der Waals surface area (Å²) in [4.78, 5) is 19.8. The van der Waals surface area contributed by atoms with Gasteiger partial charge in [-0.15, -0.1) is 13.2 Å². The van der Waals surface area contributed by atoms with Crippen LogP contribution in [0.25, 0.3) is 5.70 Å². The molecule has 2 aliphatic heterocycles. The zero-order valence-corrected chi connectivity index (χ0v) is 20.1. The number of alkyl halides is 3. The normalized spacial score (nSPS) is 23.8. The zero-order chi connectivity index (χ0) is 26.2. The van der Waals surface area contributed by atoms with Crippen molar-refractivity contribution in [2.75, 3.05) is 11.5 Å². The number of carbonyl (C=O) groups excluding carboxylic acids is 1. The van der Waals surface area contributed by atoms with E-state index in [1.807, 2.05) is 6.07 Å². The molecule has 3 fully saturated rings. The van der Waals surface area contributed by atoms with Gasteiger partial charge < -0.3 is 20.1 Å². The molecule has 1 aromatic carbocycles. The van der Waals surface area contributed by atoms with Crippen LogP contribution in [0.1, 0.15) is 49.7 Å². The van der Waals surface area contributed by atoms with Crippen molar-refractivity contribution in [3.63, 3.8) is 0 Å². The van der Waals surface area contributed by atoms with Gasteiger partial charge >= 0.3 is 6.36 Å². The second kappa shape index (κ2) is 10.1.